The Morgan fingerprint density at radius 2 is 1.93 bits per heavy atom. The van der Waals surface area contributed by atoms with Crippen molar-refractivity contribution in [1.82, 2.24) is 10.6 Å². The summed E-state index contributed by atoms with van der Waals surface area (Å²) in [6.45, 7) is 3.00. The molecule has 4 aliphatic rings. The summed E-state index contributed by atoms with van der Waals surface area (Å²) in [5.41, 5.74) is 2.65. The van der Waals surface area contributed by atoms with Gasteiger partial charge in [-0.2, -0.15) is 0 Å². The van der Waals surface area contributed by atoms with Crippen molar-refractivity contribution in [2.75, 3.05) is 33.4 Å². The molecule has 2 aromatic rings. The maximum atomic E-state index is 13.1. The molecule has 1 amide bonds. The number of hydrogen-bond donors (Lipinski definition) is 7. The minimum absolute atomic E-state index is 0.0613. The van der Waals surface area contributed by atoms with Gasteiger partial charge in [0, 0.05) is 41.4 Å². The molecule has 14 nitrogen and oxygen atoms in total. The van der Waals surface area contributed by atoms with E-state index >= 15 is 0 Å². The van der Waals surface area contributed by atoms with Crippen LogP contribution in [0.1, 0.15) is 48.3 Å². The fourth-order valence-electron chi connectivity index (χ4n) is 7.12. The molecule has 9 atom stereocenters. The van der Waals surface area contributed by atoms with Crippen molar-refractivity contribution in [2.24, 2.45) is 11.8 Å². The number of likely N-dealkylation sites (N-methyl/N-ethyl adjacent to an activating group) is 1. The van der Waals surface area contributed by atoms with Crippen LogP contribution >= 0.6 is 0 Å². The van der Waals surface area contributed by atoms with E-state index in [0.29, 0.717) is 37.1 Å². The predicted molar refractivity (Wildman–Crippen MR) is 146 cm³/mol. The number of hydrogen-bond acceptors (Lipinski definition) is 13. The molecule has 0 spiro atoms. The van der Waals surface area contributed by atoms with Gasteiger partial charge in [0.1, 0.15) is 31.0 Å². The summed E-state index contributed by atoms with van der Waals surface area (Å²) in [4.78, 5) is 26.1. The molecule has 0 radical (unpaired) electrons. The summed E-state index contributed by atoms with van der Waals surface area (Å²) in [6.07, 6.45) is -8.22. The van der Waals surface area contributed by atoms with Gasteiger partial charge in [0.05, 0.1) is 18.8 Å². The van der Waals surface area contributed by atoms with Crippen molar-refractivity contribution in [3.05, 3.63) is 23.0 Å². The van der Waals surface area contributed by atoms with Crippen molar-refractivity contribution >= 4 is 22.8 Å². The third kappa shape index (κ3) is 5.04. The van der Waals surface area contributed by atoms with E-state index < -0.39 is 48.9 Å². The topological polar surface area (TPSA) is 209 Å². The number of esters is 1. The van der Waals surface area contributed by atoms with Crippen LogP contribution in [0, 0.1) is 11.8 Å². The smallest absolute Gasteiger partial charge is 0.309 e. The van der Waals surface area contributed by atoms with Gasteiger partial charge in [-0.25, -0.2) is 0 Å². The summed E-state index contributed by atoms with van der Waals surface area (Å²) in [5, 5.41) is 57.9. The fourth-order valence-corrected chi connectivity index (χ4v) is 7.12. The van der Waals surface area contributed by atoms with Crippen LogP contribution in [0.3, 0.4) is 0 Å². The SMILES string of the molecule is CCOC(=O)C1Cc2c(OC3OC(C(O)O)C(O)C(O)C3O)c(OCCNC)c3occ4c3c2C(C1)CC1C(=O)NCC41. The van der Waals surface area contributed by atoms with E-state index in [4.69, 9.17) is 23.4 Å². The molecule has 1 aromatic carbocycles. The average Bonchev–Trinajstić information content (AvgIpc) is 3.53. The molecule has 43 heavy (non-hydrogen) atoms. The van der Waals surface area contributed by atoms with Crippen LogP contribution in [0.4, 0.5) is 0 Å². The molecule has 2 saturated heterocycles. The molecule has 1 aromatic heterocycles. The van der Waals surface area contributed by atoms with E-state index in [-0.39, 0.29) is 54.8 Å². The van der Waals surface area contributed by atoms with Gasteiger partial charge < -0.3 is 59.5 Å². The number of rotatable bonds is 9. The molecule has 2 aliphatic heterocycles. The number of carbonyl (C=O) groups is 2. The van der Waals surface area contributed by atoms with Crippen molar-refractivity contribution in [2.45, 2.75) is 75.0 Å². The van der Waals surface area contributed by atoms with Gasteiger partial charge in [-0.05, 0) is 44.7 Å². The zero-order chi connectivity index (χ0) is 30.6. The normalized spacial score (nSPS) is 33.2. The van der Waals surface area contributed by atoms with Crippen LogP contribution in [-0.4, -0.2) is 108 Å². The molecule has 3 heterocycles. The Morgan fingerprint density at radius 1 is 1.14 bits per heavy atom. The first-order chi connectivity index (χ1) is 20.7. The lowest BCUT2D eigenvalue weighted by Crippen LogP contribution is -2.62. The Kier molecular flexibility index (Phi) is 8.28. The fraction of sp³-hybridized carbons (Fsp3) is 0.655. The van der Waals surface area contributed by atoms with Gasteiger partial charge in [0.15, 0.2) is 17.6 Å². The molecule has 9 unspecified atom stereocenters. The van der Waals surface area contributed by atoms with E-state index in [1.165, 1.54) is 0 Å². The highest BCUT2D eigenvalue weighted by Crippen LogP contribution is 2.57. The number of benzene rings is 1. The third-order valence-corrected chi connectivity index (χ3v) is 9.14. The summed E-state index contributed by atoms with van der Waals surface area (Å²) in [6, 6.07) is 0. The minimum atomic E-state index is -2.18. The zero-order valence-electron chi connectivity index (χ0n) is 23.9. The van der Waals surface area contributed by atoms with Crippen molar-refractivity contribution < 1.29 is 58.5 Å². The molecule has 14 heteroatoms. The van der Waals surface area contributed by atoms with Crippen molar-refractivity contribution in [1.29, 1.82) is 0 Å². The van der Waals surface area contributed by atoms with E-state index in [0.717, 1.165) is 16.5 Å². The van der Waals surface area contributed by atoms with Crippen LogP contribution in [0.25, 0.3) is 11.0 Å². The number of amides is 1. The van der Waals surface area contributed by atoms with Crippen molar-refractivity contribution in [3.63, 3.8) is 0 Å². The highest BCUT2D eigenvalue weighted by molar-refractivity contribution is 5.97. The molecule has 2 aliphatic carbocycles. The highest BCUT2D eigenvalue weighted by atomic mass is 16.7. The molecular weight excluding hydrogens is 568 g/mol. The number of ether oxygens (including phenoxy) is 4. The number of aliphatic hydroxyl groups is 5. The largest absolute Gasteiger partial charge is 0.485 e. The molecular formula is C29H38N2O12. The van der Waals surface area contributed by atoms with Gasteiger partial charge in [0.25, 0.3) is 0 Å². The first kappa shape index (κ1) is 30.1. The molecule has 6 rings (SSSR count). The van der Waals surface area contributed by atoms with Gasteiger partial charge in [-0.1, -0.05) is 0 Å². The Labute approximate surface area is 246 Å². The second-order valence-electron chi connectivity index (χ2n) is 11.6. The van der Waals surface area contributed by atoms with Gasteiger partial charge >= 0.3 is 5.97 Å². The second kappa shape index (κ2) is 11.8. The molecule has 7 N–H and O–H groups in total. The van der Waals surface area contributed by atoms with E-state index in [1.54, 1.807) is 20.2 Å². The van der Waals surface area contributed by atoms with Crippen LogP contribution in [0.15, 0.2) is 10.7 Å². The van der Waals surface area contributed by atoms with E-state index in [1.807, 2.05) is 0 Å². The number of carbonyl (C=O) groups excluding carboxylic acids is 2. The second-order valence-corrected chi connectivity index (χ2v) is 11.6. The number of aliphatic hydroxyl groups excluding tert-OH is 4. The zero-order valence-corrected chi connectivity index (χ0v) is 23.9. The Hall–Kier alpha value is -2.98. The molecule has 0 saturated carbocycles. The average molecular weight is 607 g/mol. The van der Waals surface area contributed by atoms with Crippen molar-refractivity contribution in [3.8, 4) is 11.5 Å². The number of furan rings is 1. The maximum absolute atomic E-state index is 13.1. The lowest BCUT2D eigenvalue weighted by molar-refractivity contribution is -0.310. The van der Waals surface area contributed by atoms with Crippen LogP contribution in [0.2, 0.25) is 0 Å². The maximum Gasteiger partial charge on any atom is 0.309 e. The van der Waals surface area contributed by atoms with Crippen LogP contribution in [0.5, 0.6) is 11.5 Å². The minimum Gasteiger partial charge on any atom is -0.485 e. The Bertz CT molecular complexity index is 1380. The molecule has 0 bridgehead atoms. The van der Waals surface area contributed by atoms with Gasteiger partial charge in [0.2, 0.25) is 17.9 Å². The number of fused-ring (bicyclic) bond motifs is 2. The van der Waals surface area contributed by atoms with E-state index in [2.05, 4.69) is 10.6 Å². The first-order valence-corrected chi connectivity index (χ1v) is 14.7. The summed E-state index contributed by atoms with van der Waals surface area (Å²) in [5.74, 6) is -1.49. The highest BCUT2D eigenvalue weighted by Gasteiger charge is 2.50. The lowest BCUT2D eigenvalue weighted by atomic mass is 9.72. The number of nitrogens with one attached hydrogen (secondary N) is 2. The van der Waals surface area contributed by atoms with Gasteiger partial charge in [-0.3, -0.25) is 9.59 Å². The standard InChI is InChI=1S/C29H38N2O12/c1-3-39-28(38)12-6-11-7-13-15(9-31-26(13)35)16-10-41-23-18(16)17(11)14(8-12)22(25(23)40-5-4-30-2)42-29-21(34)19(32)20(33)24(43-29)27(36)37/h10-13,15,19-21,24,27,29-30,32-34,36-37H,3-9H2,1-2H3,(H,31,35). The predicted octanol–water partition coefficient (Wildman–Crippen LogP) is -1.03. The first-order valence-electron chi connectivity index (χ1n) is 14.7. The summed E-state index contributed by atoms with van der Waals surface area (Å²) in [7, 11) is 1.76. The quantitative estimate of drug-likeness (QED) is 0.104. The lowest BCUT2D eigenvalue weighted by Gasteiger charge is -2.41. The Balaban J connectivity index is 1.54. The van der Waals surface area contributed by atoms with E-state index in [9.17, 15) is 35.1 Å². The van der Waals surface area contributed by atoms with Gasteiger partial charge in [-0.15, -0.1) is 0 Å². The van der Waals surface area contributed by atoms with Crippen LogP contribution in [-0.2, 0) is 25.5 Å². The summed E-state index contributed by atoms with van der Waals surface area (Å²) < 4.78 is 29.6. The third-order valence-electron chi connectivity index (χ3n) is 9.14. The molecule has 2 fully saturated rings. The Morgan fingerprint density at radius 3 is 2.65 bits per heavy atom. The molecule has 236 valence electrons. The van der Waals surface area contributed by atoms with Crippen LogP contribution < -0.4 is 20.1 Å². The monoisotopic (exact) mass is 606 g/mol. The summed E-state index contributed by atoms with van der Waals surface area (Å²) >= 11 is 0.